The highest BCUT2D eigenvalue weighted by atomic mass is 16.2. The van der Waals surface area contributed by atoms with Crippen LogP contribution in [0, 0.1) is 20.8 Å². The van der Waals surface area contributed by atoms with Crippen LogP contribution in [0.2, 0.25) is 0 Å². The zero-order valence-corrected chi connectivity index (χ0v) is 11.8. The number of fused-ring (bicyclic) bond motifs is 1. The van der Waals surface area contributed by atoms with Gasteiger partial charge in [-0.1, -0.05) is 12.1 Å². The van der Waals surface area contributed by atoms with Crippen LogP contribution >= 0.6 is 0 Å². The number of aryl methyl sites for hydroxylation is 3. The molecule has 4 nitrogen and oxygen atoms in total. The molecular formula is C16H17N3O. The van der Waals surface area contributed by atoms with Crippen LogP contribution in [0.4, 0.5) is 5.82 Å². The van der Waals surface area contributed by atoms with Crippen LogP contribution in [0.15, 0.2) is 30.5 Å². The number of nitrogens with one attached hydrogen (secondary N) is 2. The second kappa shape index (κ2) is 4.63. The van der Waals surface area contributed by atoms with E-state index in [1.54, 1.807) is 18.3 Å². The highest BCUT2D eigenvalue weighted by Gasteiger charge is 2.26. The third-order valence-corrected chi connectivity index (χ3v) is 3.80. The number of aromatic nitrogens is 1. The molecule has 102 valence electrons. The fourth-order valence-electron chi connectivity index (χ4n) is 2.53. The standard InChI is InChI=1S/C16H17N3O/c1-9-7-11(3)13(8-10(9)2)15-18-14-12(16(20)19-15)5-4-6-17-14/h4-8,15H,1-3H3,(H,17,18)(H,19,20)/t15-/m0/s1. The molecular weight excluding hydrogens is 250 g/mol. The quantitative estimate of drug-likeness (QED) is 0.835. The molecule has 2 N–H and O–H groups in total. The van der Waals surface area contributed by atoms with Gasteiger partial charge in [-0.05, 0) is 55.2 Å². The summed E-state index contributed by atoms with van der Waals surface area (Å²) in [6.07, 6.45) is 1.46. The lowest BCUT2D eigenvalue weighted by Crippen LogP contribution is -2.39. The Balaban J connectivity index is 2.02. The van der Waals surface area contributed by atoms with Gasteiger partial charge in [0.15, 0.2) is 0 Å². The number of nitrogens with zero attached hydrogens (tertiary/aromatic N) is 1. The average molecular weight is 267 g/mol. The van der Waals surface area contributed by atoms with E-state index in [0.29, 0.717) is 11.4 Å². The lowest BCUT2D eigenvalue weighted by Gasteiger charge is -2.28. The summed E-state index contributed by atoms with van der Waals surface area (Å²) in [6, 6.07) is 7.80. The summed E-state index contributed by atoms with van der Waals surface area (Å²) in [5, 5.41) is 6.27. The first-order valence-corrected chi connectivity index (χ1v) is 6.66. The Morgan fingerprint density at radius 2 is 1.80 bits per heavy atom. The highest BCUT2D eigenvalue weighted by Crippen LogP contribution is 2.27. The zero-order chi connectivity index (χ0) is 14.3. The van der Waals surface area contributed by atoms with Crippen molar-refractivity contribution in [3.63, 3.8) is 0 Å². The summed E-state index contributed by atoms with van der Waals surface area (Å²) < 4.78 is 0. The molecule has 20 heavy (non-hydrogen) atoms. The van der Waals surface area contributed by atoms with Crippen molar-refractivity contribution in [1.29, 1.82) is 0 Å². The molecule has 2 aromatic rings. The van der Waals surface area contributed by atoms with Gasteiger partial charge in [-0.15, -0.1) is 0 Å². The lowest BCUT2D eigenvalue weighted by molar-refractivity contribution is 0.0935. The van der Waals surface area contributed by atoms with Gasteiger partial charge in [0.05, 0.1) is 5.56 Å². The smallest absolute Gasteiger partial charge is 0.256 e. The third kappa shape index (κ3) is 2.03. The van der Waals surface area contributed by atoms with E-state index in [-0.39, 0.29) is 12.1 Å². The molecule has 2 heterocycles. The Labute approximate surface area is 118 Å². The van der Waals surface area contributed by atoms with Crippen molar-refractivity contribution in [3.8, 4) is 0 Å². The van der Waals surface area contributed by atoms with E-state index in [4.69, 9.17) is 0 Å². The maximum absolute atomic E-state index is 12.1. The van der Waals surface area contributed by atoms with Gasteiger partial charge in [-0.3, -0.25) is 4.79 Å². The molecule has 0 radical (unpaired) electrons. The molecule has 1 amide bonds. The van der Waals surface area contributed by atoms with Gasteiger partial charge in [0.2, 0.25) is 0 Å². The van der Waals surface area contributed by atoms with Crippen molar-refractivity contribution in [2.45, 2.75) is 26.9 Å². The molecule has 0 fully saturated rings. The Bertz CT molecular complexity index is 694. The number of carbonyl (C=O) groups is 1. The van der Waals surface area contributed by atoms with Crippen LogP contribution in [0.25, 0.3) is 0 Å². The van der Waals surface area contributed by atoms with Crippen LogP contribution in [-0.4, -0.2) is 10.9 Å². The van der Waals surface area contributed by atoms with Gasteiger partial charge in [0.25, 0.3) is 5.91 Å². The van der Waals surface area contributed by atoms with Crippen molar-refractivity contribution in [3.05, 3.63) is 58.3 Å². The molecule has 0 spiro atoms. The summed E-state index contributed by atoms with van der Waals surface area (Å²) in [6.45, 7) is 6.23. The summed E-state index contributed by atoms with van der Waals surface area (Å²) >= 11 is 0. The maximum atomic E-state index is 12.1. The van der Waals surface area contributed by atoms with Crippen LogP contribution in [0.5, 0.6) is 0 Å². The minimum Gasteiger partial charge on any atom is -0.346 e. The fourth-order valence-corrected chi connectivity index (χ4v) is 2.53. The van der Waals surface area contributed by atoms with E-state index in [1.165, 1.54) is 11.1 Å². The first-order chi connectivity index (χ1) is 9.56. The molecule has 0 saturated carbocycles. The number of amides is 1. The number of hydrogen-bond donors (Lipinski definition) is 2. The Morgan fingerprint density at radius 3 is 2.60 bits per heavy atom. The van der Waals surface area contributed by atoms with E-state index in [9.17, 15) is 4.79 Å². The van der Waals surface area contributed by atoms with Gasteiger partial charge in [0.1, 0.15) is 12.0 Å². The molecule has 1 aliphatic rings. The van der Waals surface area contributed by atoms with Gasteiger partial charge >= 0.3 is 0 Å². The number of benzene rings is 1. The van der Waals surface area contributed by atoms with Crippen molar-refractivity contribution in [1.82, 2.24) is 10.3 Å². The maximum Gasteiger partial charge on any atom is 0.256 e. The van der Waals surface area contributed by atoms with Gasteiger partial charge in [0, 0.05) is 6.20 Å². The molecule has 0 saturated heterocycles. The molecule has 1 aromatic carbocycles. The molecule has 0 unspecified atom stereocenters. The predicted molar refractivity (Wildman–Crippen MR) is 78.7 cm³/mol. The number of anilines is 1. The number of pyridine rings is 1. The summed E-state index contributed by atoms with van der Waals surface area (Å²) in [5.41, 5.74) is 5.30. The third-order valence-electron chi connectivity index (χ3n) is 3.80. The Morgan fingerprint density at radius 1 is 1.05 bits per heavy atom. The Kier molecular flexibility index (Phi) is 2.93. The molecule has 0 aliphatic carbocycles. The second-order valence-electron chi connectivity index (χ2n) is 5.24. The van der Waals surface area contributed by atoms with Crippen LogP contribution in [0.3, 0.4) is 0 Å². The molecule has 1 aliphatic heterocycles. The van der Waals surface area contributed by atoms with Crippen LogP contribution in [0.1, 0.15) is 38.8 Å². The van der Waals surface area contributed by atoms with Gasteiger partial charge < -0.3 is 10.6 Å². The molecule has 1 aromatic heterocycles. The fraction of sp³-hybridized carbons (Fsp3) is 0.250. The van der Waals surface area contributed by atoms with Crippen molar-refractivity contribution >= 4 is 11.7 Å². The zero-order valence-electron chi connectivity index (χ0n) is 11.8. The molecule has 3 rings (SSSR count). The van der Waals surface area contributed by atoms with Crippen LogP contribution in [-0.2, 0) is 0 Å². The minimum absolute atomic E-state index is 0.0884. The van der Waals surface area contributed by atoms with E-state index in [1.807, 2.05) is 0 Å². The highest BCUT2D eigenvalue weighted by molar-refractivity contribution is 6.00. The normalized spacial score (nSPS) is 17.1. The predicted octanol–water partition coefficient (Wildman–Crippen LogP) is 2.86. The van der Waals surface area contributed by atoms with Gasteiger partial charge in [-0.25, -0.2) is 4.98 Å². The average Bonchev–Trinajstić information content (AvgIpc) is 2.43. The minimum atomic E-state index is -0.232. The van der Waals surface area contributed by atoms with Gasteiger partial charge in [-0.2, -0.15) is 0 Å². The topological polar surface area (TPSA) is 54.0 Å². The number of rotatable bonds is 1. The van der Waals surface area contributed by atoms with E-state index in [2.05, 4.69) is 48.5 Å². The molecule has 1 atom stereocenters. The first-order valence-electron chi connectivity index (χ1n) is 6.66. The first kappa shape index (κ1) is 12.7. The second-order valence-corrected chi connectivity index (χ2v) is 5.24. The monoisotopic (exact) mass is 267 g/mol. The van der Waals surface area contributed by atoms with Crippen LogP contribution < -0.4 is 10.6 Å². The van der Waals surface area contributed by atoms with E-state index >= 15 is 0 Å². The van der Waals surface area contributed by atoms with Crippen molar-refractivity contribution < 1.29 is 4.79 Å². The molecule has 0 bridgehead atoms. The van der Waals surface area contributed by atoms with Crippen molar-refractivity contribution in [2.75, 3.05) is 5.32 Å². The number of hydrogen-bond acceptors (Lipinski definition) is 3. The van der Waals surface area contributed by atoms with E-state index < -0.39 is 0 Å². The van der Waals surface area contributed by atoms with E-state index in [0.717, 1.165) is 11.1 Å². The summed E-state index contributed by atoms with van der Waals surface area (Å²) in [7, 11) is 0. The Hall–Kier alpha value is -2.36. The summed E-state index contributed by atoms with van der Waals surface area (Å²) in [4.78, 5) is 16.4. The summed E-state index contributed by atoms with van der Waals surface area (Å²) in [5.74, 6) is 0.549. The van der Waals surface area contributed by atoms with Crippen molar-refractivity contribution in [2.24, 2.45) is 0 Å². The lowest BCUT2D eigenvalue weighted by atomic mass is 9.98. The largest absolute Gasteiger partial charge is 0.346 e. The SMILES string of the molecule is Cc1cc(C)c([C@@H]2NC(=O)c3cccnc3N2)cc1C. The molecule has 4 heteroatoms. The number of carbonyl (C=O) groups excluding carboxylic acids is 1.